The van der Waals surface area contributed by atoms with Crippen molar-refractivity contribution in [2.45, 2.75) is 6.92 Å². The van der Waals surface area contributed by atoms with Crippen LogP contribution in [0.15, 0.2) is 36.4 Å². The van der Waals surface area contributed by atoms with E-state index in [9.17, 15) is 9.18 Å². The van der Waals surface area contributed by atoms with E-state index in [0.717, 1.165) is 5.56 Å². The van der Waals surface area contributed by atoms with Crippen LogP contribution < -0.4 is 19.5 Å². The van der Waals surface area contributed by atoms with Gasteiger partial charge in [-0.25, -0.2) is 4.39 Å². The standard InChI is InChI=1S/C19H18FNO4/c1-12-3-5-14(11-15(12)20)21-18(22)6-4-13-9-16(23-2)19-17(10-13)24-7-8-25-19/h3-6,9-11H,7-8H2,1-2H3,(H,21,22)/b6-4+. The normalized spacial score (nSPS) is 12.9. The minimum atomic E-state index is -0.364. The average molecular weight is 343 g/mol. The van der Waals surface area contributed by atoms with E-state index in [2.05, 4.69) is 5.32 Å². The summed E-state index contributed by atoms with van der Waals surface area (Å²) in [6, 6.07) is 8.07. The molecule has 2 aromatic carbocycles. The van der Waals surface area contributed by atoms with Crippen LogP contribution in [-0.4, -0.2) is 26.2 Å². The molecule has 1 aliphatic heterocycles. The highest BCUT2D eigenvalue weighted by atomic mass is 19.1. The number of carbonyl (C=O) groups is 1. The van der Waals surface area contributed by atoms with E-state index in [1.165, 1.54) is 12.1 Å². The Morgan fingerprint density at radius 1 is 1.24 bits per heavy atom. The number of rotatable bonds is 4. The highest BCUT2D eigenvalue weighted by Crippen LogP contribution is 2.40. The van der Waals surface area contributed by atoms with E-state index in [1.807, 2.05) is 0 Å². The van der Waals surface area contributed by atoms with Crippen LogP contribution in [0, 0.1) is 12.7 Å². The predicted octanol–water partition coefficient (Wildman–Crippen LogP) is 3.57. The molecule has 3 rings (SSSR count). The molecule has 0 radical (unpaired) electrons. The van der Waals surface area contributed by atoms with Gasteiger partial charge in [-0.2, -0.15) is 0 Å². The molecule has 5 nitrogen and oxygen atoms in total. The molecule has 0 aliphatic carbocycles. The Morgan fingerprint density at radius 2 is 2.04 bits per heavy atom. The lowest BCUT2D eigenvalue weighted by Gasteiger charge is -2.20. The average Bonchev–Trinajstić information content (AvgIpc) is 2.62. The zero-order valence-electron chi connectivity index (χ0n) is 14.0. The molecule has 130 valence electrons. The summed E-state index contributed by atoms with van der Waals surface area (Å²) in [5.74, 6) is 0.949. The number of carbonyl (C=O) groups excluding carboxylic acids is 1. The van der Waals surface area contributed by atoms with E-state index in [-0.39, 0.29) is 11.7 Å². The quantitative estimate of drug-likeness (QED) is 0.863. The van der Waals surface area contributed by atoms with Crippen LogP contribution in [-0.2, 0) is 4.79 Å². The van der Waals surface area contributed by atoms with Crippen molar-refractivity contribution in [1.29, 1.82) is 0 Å². The van der Waals surface area contributed by atoms with Gasteiger partial charge in [0.05, 0.1) is 7.11 Å². The van der Waals surface area contributed by atoms with Gasteiger partial charge in [0.15, 0.2) is 11.5 Å². The topological polar surface area (TPSA) is 56.8 Å². The third-order valence-corrected chi connectivity index (χ3v) is 3.72. The van der Waals surface area contributed by atoms with Crippen molar-refractivity contribution < 1.29 is 23.4 Å². The van der Waals surface area contributed by atoms with Crippen molar-refractivity contribution in [3.63, 3.8) is 0 Å². The van der Waals surface area contributed by atoms with Gasteiger partial charge in [0.25, 0.3) is 0 Å². The monoisotopic (exact) mass is 343 g/mol. The summed E-state index contributed by atoms with van der Waals surface area (Å²) in [7, 11) is 1.54. The molecule has 0 aromatic heterocycles. The molecule has 0 unspecified atom stereocenters. The zero-order valence-corrected chi connectivity index (χ0v) is 14.0. The third-order valence-electron chi connectivity index (χ3n) is 3.72. The lowest BCUT2D eigenvalue weighted by molar-refractivity contribution is -0.111. The van der Waals surface area contributed by atoms with Crippen LogP contribution in [0.5, 0.6) is 17.2 Å². The summed E-state index contributed by atoms with van der Waals surface area (Å²) in [6.45, 7) is 2.59. The minimum absolute atomic E-state index is 0.363. The van der Waals surface area contributed by atoms with Crippen molar-refractivity contribution in [3.8, 4) is 17.2 Å². The Morgan fingerprint density at radius 3 is 2.80 bits per heavy atom. The smallest absolute Gasteiger partial charge is 0.248 e. The Kier molecular flexibility index (Phi) is 4.88. The maximum atomic E-state index is 13.5. The van der Waals surface area contributed by atoms with Crippen LogP contribution >= 0.6 is 0 Å². The van der Waals surface area contributed by atoms with Gasteiger partial charge in [0.2, 0.25) is 11.7 Å². The van der Waals surface area contributed by atoms with Crippen LogP contribution in [0.4, 0.5) is 10.1 Å². The maximum Gasteiger partial charge on any atom is 0.248 e. The lowest BCUT2D eigenvalue weighted by atomic mass is 10.1. The number of amides is 1. The predicted molar refractivity (Wildman–Crippen MR) is 92.8 cm³/mol. The molecule has 0 saturated carbocycles. The minimum Gasteiger partial charge on any atom is -0.493 e. The van der Waals surface area contributed by atoms with Crippen LogP contribution in [0.3, 0.4) is 0 Å². The Balaban J connectivity index is 1.74. The summed E-state index contributed by atoms with van der Waals surface area (Å²) in [5, 5.41) is 2.62. The molecule has 1 aliphatic rings. The molecule has 0 saturated heterocycles. The summed E-state index contributed by atoms with van der Waals surface area (Å²) >= 11 is 0. The number of methoxy groups -OCH3 is 1. The summed E-state index contributed by atoms with van der Waals surface area (Å²) in [6.07, 6.45) is 2.99. The van der Waals surface area contributed by atoms with Gasteiger partial charge in [0.1, 0.15) is 19.0 Å². The Hall–Kier alpha value is -3.02. The van der Waals surface area contributed by atoms with Gasteiger partial charge in [0, 0.05) is 11.8 Å². The SMILES string of the molecule is COc1cc(/C=C/C(=O)Nc2ccc(C)c(F)c2)cc2c1OCCO2. The van der Waals surface area contributed by atoms with Gasteiger partial charge in [-0.3, -0.25) is 4.79 Å². The number of anilines is 1. The van der Waals surface area contributed by atoms with Crippen LogP contribution in [0.25, 0.3) is 6.08 Å². The number of ether oxygens (including phenoxy) is 3. The molecular weight excluding hydrogens is 325 g/mol. The first-order valence-electron chi connectivity index (χ1n) is 7.79. The number of halogens is 1. The van der Waals surface area contributed by atoms with Gasteiger partial charge in [-0.05, 0) is 48.4 Å². The van der Waals surface area contributed by atoms with E-state index in [1.54, 1.807) is 44.4 Å². The number of fused-ring (bicyclic) bond motifs is 1. The molecule has 0 bridgehead atoms. The molecule has 0 atom stereocenters. The fourth-order valence-electron chi connectivity index (χ4n) is 2.42. The number of benzene rings is 2. The van der Waals surface area contributed by atoms with Gasteiger partial charge >= 0.3 is 0 Å². The first-order chi connectivity index (χ1) is 12.1. The molecule has 1 N–H and O–H groups in total. The number of hydrogen-bond acceptors (Lipinski definition) is 4. The van der Waals surface area contributed by atoms with Crippen molar-refractivity contribution in [3.05, 3.63) is 53.4 Å². The summed E-state index contributed by atoms with van der Waals surface area (Å²) in [5.41, 5.74) is 1.65. The Bertz CT molecular complexity index is 815. The van der Waals surface area contributed by atoms with Gasteiger partial charge in [-0.1, -0.05) is 6.07 Å². The second-order valence-corrected chi connectivity index (χ2v) is 5.53. The second kappa shape index (κ2) is 7.25. The summed E-state index contributed by atoms with van der Waals surface area (Å²) in [4.78, 5) is 12.0. The molecule has 2 aromatic rings. The van der Waals surface area contributed by atoms with E-state index < -0.39 is 0 Å². The fraction of sp³-hybridized carbons (Fsp3) is 0.211. The number of nitrogens with one attached hydrogen (secondary N) is 1. The first kappa shape index (κ1) is 16.8. The fourth-order valence-corrected chi connectivity index (χ4v) is 2.42. The van der Waals surface area contributed by atoms with Crippen molar-refractivity contribution in [1.82, 2.24) is 0 Å². The van der Waals surface area contributed by atoms with E-state index in [0.29, 0.717) is 41.7 Å². The molecule has 6 heteroatoms. The van der Waals surface area contributed by atoms with Gasteiger partial charge in [-0.15, -0.1) is 0 Å². The van der Waals surface area contributed by atoms with Crippen molar-refractivity contribution in [2.24, 2.45) is 0 Å². The highest BCUT2D eigenvalue weighted by Gasteiger charge is 2.17. The number of aryl methyl sites for hydroxylation is 1. The maximum absolute atomic E-state index is 13.5. The molecular formula is C19H18FNO4. The van der Waals surface area contributed by atoms with E-state index in [4.69, 9.17) is 14.2 Å². The van der Waals surface area contributed by atoms with E-state index >= 15 is 0 Å². The van der Waals surface area contributed by atoms with Crippen LogP contribution in [0.1, 0.15) is 11.1 Å². The van der Waals surface area contributed by atoms with Crippen molar-refractivity contribution >= 4 is 17.7 Å². The third kappa shape index (κ3) is 3.91. The molecule has 0 spiro atoms. The molecule has 1 amide bonds. The first-order valence-corrected chi connectivity index (χ1v) is 7.79. The molecule has 25 heavy (non-hydrogen) atoms. The zero-order chi connectivity index (χ0) is 17.8. The van der Waals surface area contributed by atoms with Crippen LogP contribution in [0.2, 0.25) is 0 Å². The van der Waals surface area contributed by atoms with Gasteiger partial charge < -0.3 is 19.5 Å². The largest absolute Gasteiger partial charge is 0.493 e. The van der Waals surface area contributed by atoms with Crippen molar-refractivity contribution in [2.75, 3.05) is 25.6 Å². The molecule has 1 heterocycles. The Labute approximate surface area is 145 Å². The number of hydrogen-bond donors (Lipinski definition) is 1. The summed E-state index contributed by atoms with van der Waals surface area (Å²) < 4.78 is 29.9. The molecule has 0 fully saturated rings. The highest BCUT2D eigenvalue weighted by molar-refractivity contribution is 6.02. The lowest BCUT2D eigenvalue weighted by Crippen LogP contribution is -2.16. The second-order valence-electron chi connectivity index (χ2n) is 5.53.